The van der Waals surface area contributed by atoms with Crippen LogP contribution >= 0.6 is 0 Å². The van der Waals surface area contributed by atoms with E-state index in [0.29, 0.717) is 6.54 Å². The van der Waals surface area contributed by atoms with Crippen LogP contribution < -0.4 is 10.2 Å². The van der Waals surface area contributed by atoms with Gasteiger partial charge >= 0.3 is 0 Å². The number of amides is 1. The minimum Gasteiger partial charge on any atom is -0.357 e. The zero-order valence-corrected chi connectivity index (χ0v) is 15.3. The Kier molecular flexibility index (Phi) is 6.35. The second-order valence-electron chi connectivity index (χ2n) is 6.80. The molecule has 1 aromatic carbocycles. The summed E-state index contributed by atoms with van der Waals surface area (Å²) < 4.78 is 0. The molecule has 1 N–H and O–H groups in total. The van der Waals surface area contributed by atoms with E-state index in [4.69, 9.17) is 0 Å². The molecule has 0 spiro atoms. The van der Waals surface area contributed by atoms with Gasteiger partial charge in [0.1, 0.15) is 5.82 Å². The van der Waals surface area contributed by atoms with Crippen LogP contribution in [0, 0.1) is 10.1 Å². The molecule has 0 aliphatic carbocycles. The van der Waals surface area contributed by atoms with Gasteiger partial charge in [0, 0.05) is 38.0 Å². The number of nitro benzene ring substituents is 1. The van der Waals surface area contributed by atoms with E-state index in [1.54, 1.807) is 12.1 Å². The average molecular weight is 368 g/mol. The summed E-state index contributed by atoms with van der Waals surface area (Å²) in [5.41, 5.74) is 1.72. The topological polar surface area (TPSA) is 88.4 Å². The van der Waals surface area contributed by atoms with Crippen molar-refractivity contribution < 1.29 is 9.72 Å². The van der Waals surface area contributed by atoms with Gasteiger partial charge in [-0.25, -0.2) is 4.98 Å². The maximum absolute atomic E-state index is 12.1. The van der Waals surface area contributed by atoms with Crippen LogP contribution in [0.25, 0.3) is 0 Å². The van der Waals surface area contributed by atoms with Gasteiger partial charge in [-0.3, -0.25) is 14.9 Å². The van der Waals surface area contributed by atoms with Gasteiger partial charge in [-0.1, -0.05) is 31.0 Å². The lowest BCUT2D eigenvalue weighted by Crippen LogP contribution is -2.26. The summed E-state index contributed by atoms with van der Waals surface area (Å²) in [6.45, 7) is 2.52. The molecule has 1 saturated heterocycles. The standard InChI is InChI=1S/C20H24N4O3/c25-20(13-16-5-8-18(9-6-16)24(26)27)22-15-17-7-10-19(21-14-17)23-11-3-1-2-4-12-23/h5-10,14H,1-4,11-13,15H2,(H,22,25). The average Bonchev–Trinajstić information content (AvgIpc) is 2.97. The van der Waals surface area contributed by atoms with E-state index in [1.165, 1.54) is 37.8 Å². The number of benzene rings is 1. The number of nitrogens with zero attached hydrogens (tertiary/aromatic N) is 3. The van der Waals surface area contributed by atoms with Crippen LogP contribution in [0.5, 0.6) is 0 Å². The number of hydrogen-bond donors (Lipinski definition) is 1. The third kappa shape index (κ3) is 5.51. The van der Waals surface area contributed by atoms with Crippen molar-refractivity contribution in [3.05, 3.63) is 63.8 Å². The highest BCUT2D eigenvalue weighted by Gasteiger charge is 2.11. The molecule has 27 heavy (non-hydrogen) atoms. The summed E-state index contributed by atoms with van der Waals surface area (Å²) in [4.78, 5) is 29.2. The second kappa shape index (κ2) is 9.12. The van der Waals surface area contributed by atoms with Gasteiger partial charge in [-0.2, -0.15) is 0 Å². The maximum Gasteiger partial charge on any atom is 0.269 e. The second-order valence-corrected chi connectivity index (χ2v) is 6.80. The maximum atomic E-state index is 12.1. The monoisotopic (exact) mass is 368 g/mol. The van der Waals surface area contributed by atoms with E-state index in [0.717, 1.165) is 30.0 Å². The number of anilines is 1. The van der Waals surface area contributed by atoms with Crippen molar-refractivity contribution in [2.24, 2.45) is 0 Å². The molecule has 142 valence electrons. The van der Waals surface area contributed by atoms with Crippen molar-refractivity contribution in [2.45, 2.75) is 38.6 Å². The fourth-order valence-corrected chi connectivity index (χ4v) is 3.19. The van der Waals surface area contributed by atoms with Gasteiger partial charge < -0.3 is 10.2 Å². The van der Waals surface area contributed by atoms with E-state index in [1.807, 2.05) is 18.3 Å². The third-order valence-electron chi connectivity index (χ3n) is 4.74. The fourth-order valence-electron chi connectivity index (χ4n) is 3.19. The van der Waals surface area contributed by atoms with Gasteiger partial charge in [0.25, 0.3) is 5.69 Å². The summed E-state index contributed by atoms with van der Waals surface area (Å²) in [7, 11) is 0. The molecule has 0 saturated carbocycles. The number of nitro groups is 1. The molecule has 0 unspecified atom stereocenters. The van der Waals surface area contributed by atoms with E-state index >= 15 is 0 Å². The van der Waals surface area contributed by atoms with Crippen LogP contribution in [0.3, 0.4) is 0 Å². The number of aromatic nitrogens is 1. The number of carbonyl (C=O) groups is 1. The van der Waals surface area contributed by atoms with Gasteiger partial charge in [-0.05, 0) is 30.0 Å². The van der Waals surface area contributed by atoms with Gasteiger partial charge in [0.15, 0.2) is 0 Å². The van der Waals surface area contributed by atoms with Crippen LogP contribution in [0.1, 0.15) is 36.8 Å². The van der Waals surface area contributed by atoms with Gasteiger partial charge in [0.2, 0.25) is 5.91 Å². The predicted molar refractivity (Wildman–Crippen MR) is 104 cm³/mol. The summed E-state index contributed by atoms with van der Waals surface area (Å²) in [5, 5.41) is 13.5. The Balaban J connectivity index is 1.49. The van der Waals surface area contributed by atoms with Crippen molar-refractivity contribution in [1.82, 2.24) is 10.3 Å². The van der Waals surface area contributed by atoms with E-state index < -0.39 is 4.92 Å². The molecule has 1 aromatic heterocycles. The Bertz CT molecular complexity index is 767. The fraction of sp³-hybridized carbons (Fsp3) is 0.400. The number of nitrogens with one attached hydrogen (secondary N) is 1. The van der Waals surface area contributed by atoms with Crippen LogP contribution in [0.4, 0.5) is 11.5 Å². The molecule has 7 nitrogen and oxygen atoms in total. The first-order valence-corrected chi connectivity index (χ1v) is 9.32. The summed E-state index contributed by atoms with van der Waals surface area (Å²) >= 11 is 0. The van der Waals surface area contributed by atoms with Gasteiger partial charge in [-0.15, -0.1) is 0 Å². The first-order chi connectivity index (χ1) is 13.1. The highest BCUT2D eigenvalue weighted by atomic mass is 16.6. The number of rotatable bonds is 6. The molecule has 0 radical (unpaired) electrons. The molecule has 1 amide bonds. The summed E-state index contributed by atoms with van der Waals surface area (Å²) in [6, 6.07) is 10.1. The molecule has 0 bridgehead atoms. The van der Waals surface area contributed by atoms with Crippen LogP contribution in [-0.2, 0) is 17.8 Å². The Morgan fingerprint density at radius 3 is 2.30 bits per heavy atom. The van der Waals surface area contributed by atoms with E-state index in [-0.39, 0.29) is 18.0 Å². The Morgan fingerprint density at radius 1 is 1.04 bits per heavy atom. The smallest absolute Gasteiger partial charge is 0.269 e. The molecular weight excluding hydrogens is 344 g/mol. The van der Waals surface area contributed by atoms with E-state index in [2.05, 4.69) is 15.2 Å². The highest BCUT2D eigenvalue weighted by molar-refractivity contribution is 5.78. The minimum atomic E-state index is -0.452. The number of pyridine rings is 1. The molecule has 1 aliphatic rings. The first kappa shape index (κ1) is 18.8. The zero-order valence-electron chi connectivity index (χ0n) is 15.3. The number of non-ortho nitro benzene ring substituents is 1. The minimum absolute atomic E-state index is 0.0229. The highest BCUT2D eigenvalue weighted by Crippen LogP contribution is 2.17. The molecule has 1 fully saturated rings. The normalized spacial score (nSPS) is 14.4. The third-order valence-corrected chi connectivity index (χ3v) is 4.74. The van der Waals surface area contributed by atoms with Gasteiger partial charge in [0.05, 0.1) is 11.3 Å². The molecule has 0 atom stereocenters. The SMILES string of the molecule is O=C(Cc1ccc([N+](=O)[O-])cc1)NCc1ccc(N2CCCCCC2)nc1. The van der Waals surface area contributed by atoms with E-state index in [9.17, 15) is 14.9 Å². The molecule has 2 aromatic rings. The predicted octanol–water partition coefficient (Wildman–Crippen LogP) is 3.23. The molecule has 3 rings (SSSR count). The molecule has 2 heterocycles. The Hall–Kier alpha value is -2.96. The Labute approximate surface area is 158 Å². The number of hydrogen-bond acceptors (Lipinski definition) is 5. The van der Waals surface area contributed by atoms with Crippen molar-refractivity contribution in [1.29, 1.82) is 0 Å². The molecule has 7 heteroatoms. The van der Waals surface area contributed by atoms with Crippen LogP contribution in [-0.4, -0.2) is 28.9 Å². The van der Waals surface area contributed by atoms with Crippen LogP contribution in [0.15, 0.2) is 42.6 Å². The number of carbonyl (C=O) groups excluding carboxylic acids is 1. The molecule has 1 aliphatic heterocycles. The first-order valence-electron chi connectivity index (χ1n) is 9.32. The zero-order chi connectivity index (χ0) is 19.1. The quantitative estimate of drug-likeness (QED) is 0.625. The summed E-state index contributed by atoms with van der Waals surface area (Å²) in [5.74, 6) is 0.873. The lowest BCUT2D eigenvalue weighted by atomic mass is 10.1. The molecular formula is C20H24N4O3. The van der Waals surface area contributed by atoms with Crippen LogP contribution in [0.2, 0.25) is 0 Å². The van der Waals surface area contributed by atoms with Crippen molar-refractivity contribution in [3.63, 3.8) is 0 Å². The Morgan fingerprint density at radius 2 is 1.70 bits per heavy atom. The van der Waals surface area contributed by atoms with Crippen molar-refractivity contribution in [2.75, 3.05) is 18.0 Å². The largest absolute Gasteiger partial charge is 0.357 e. The lowest BCUT2D eigenvalue weighted by molar-refractivity contribution is -0.384. The lowest BCUT2D eigenvalue weighted by Gasteiger charge is -2.21. The summed E-state index contributed by atoms with van der Waals surface area (Å²) in [6.07, 6.45) is 7.00. The van der Waals surface area contributed by atoms with Crippen molar-refractivity contribution in [3.8, 4) is 0 Å². The van der Waals surface area contributed by atoms with Crippen molar-refractivity contribution >= 4 is 17.4 Å².